The van der Waals surface area contributed by atoms with Gasteiger partial charge in [-0.15, -0.1) is 0 Å². The first-order valence-corrected chi connectivity index (χ1v) is 9.18. The fourth-order valence-electron chi connectivity index (χ4n) is 3.40. The van der Waals surface area contributed by atoms with Crippen LogP contribution in [-0.4, -0.2) is 30.6 Å². The van der Waals surface area contributed by atoms with Crippen molar-refractivity contribution in [3.63, 3.8) is 0 Å². The van der Waals surface area contributed by atoms with Gasteiger partial charge in [0.05, 0.1) is 6.10 Å². The molecule has 128 valence electrons. The van der Waals surface area contributed by atoms with Crippen LogP contribution in [0.4, 0.5) is 0 Å². The van der Waals surface area contributed by atoms with Crippen molar-refractivity contribution in [3.05, 3.63) is 70.7 Å². The first-order valence-electron chi connectivity index (χ1n) is 8.80. The molecular weight excluding hydrogens is 318 g/mol. The molecule has 3 heteroatoms. The van der Waals surface area contributed by atoms with Crippen LogP contribution in [0.1, 0.15) is 37.5 Å². The van der Waals surface area contributed by atoms with Crippen LogP contribution in [0, 0.1) is 5.92 Å². The summed E-state index contributed by atoms with van der Waals surface area (Å²) in [6.07, 6.45) is 1.35. The fraction of sp³-hybridized carbons (Fsp3) is 0.429. The van der Waals surface area contributed by atoms with Crippen LogP contribution in [0.2, 0.25) is 5.02 Å². The van der Waals surface area contributed by atoms with Crippen LogP contribution in [0.5, 0.6) is 0 Å². The molecule has 2 nitrogen and oxygen atoms in total. The molecule has 0 aliphatic carbocycles. The lowest BCUT2D eigenvalue weighted by Crippen LogP contribution is -2.27. The molecule has 0 spiro atoms. The summed E-state index contributed by atoms with van der Waals surface area (Å²) in [6.45, 7) is 7.85. The Kier molecular flexibility index (Phi) is 5.94. The minimum atomic E-state index is -0.0348. The highest BCUT2D eigenvalue weighted by Crippen LogP contribution is 2.30. The molecule has 0 aromatic heterocycles. The molecule has 0 N–H and O–H groups in total. The van der Waals surface area contributed by atoms with Gasteiger partial charge in [0.2, 0.25) is 0 Å². The van der Waals surface area contributed by atoms with Crippen molar-refractivity contribution in [1.29, 1.82) is 0 Å². The second-order valence-electron chi connectivity index (χ2n) is 7.04. The maximum absolute atomic E-state index is 6.55. The number of ether oxygens (including phenoxy) is 1. The van der Waals surface area contributed by atoms with E-state index in [1.165, 1.54) is 5.56 Å². The highest BCUT2D eigenvalue weighted by atomic mass is 35.5. The molecule has 0 radical (unpaired) electrons. The number of hydrogen-bond acceptors (Lipinski definition) is 2. The SMILES string of the molecule is CC(C)CN1CCC(OC(c2ccccc2)c2ccc(Cl)cc2)C1. The zero-order chi connectivity index (χ0) is 16.9. The summed E-state index contributed by atoms with van der Waals surface area (Å²) in [5.74, 6) is 0.699. The molecule has 24 heavy (non-hydrogen) atoms. The summed E-state index contributed by atoms with van der Waals surface area (Å²) < 4.78 is 6.55. The number of hydrogen-bond donors (Lipinski definition) is 0. The zero-order valence-corrected chi connectivity index (χ0v) is 15.2. The van der Waals surface area contributed by atoms with Gasteiger partial charge in [0.25, 0.3) is 0 Å². The van der Waals surface area contributed by atoms with E-state index in [1.54, 1.807) is 0 Å². The third-order valence-electron chi connectivity index (χ3n) is 4.46. The van der Waals surface area contributed by atoms with Gasteiger partial charge in [0, 0.05) is 24.7 Å². The Balaban J connectivity index is 1.75. The number of halogens is 1. The lowest BCUT2D eigenvalue weighted by atomic mass is 10.0. The summed E-state index contributed by atoms with van der Waals surface area (Å²) in [7, 11) is 0. The summed E-state index contributed by atoms with van der Waals surface area (Å²) in [5.41, 5.74) is 2.36. The minimum Gasteiger partial charge on any atom is -0.364 e. The maximum atomic E-state index is 6.55. The molecule has 2 unspecified atom stereocenters. The summed E-state index contributed by atoms with van der Waals surface area (Å²) in [6, 6.07) is 18.5. The van der Waals surface area contributed by atoms with E-state index in [0.717, 1.165) is 36.6 Å². The maximum Gasteiger partial charge on any atom is 0.108 e. The predicted molar refractivity (Wildman–Crippen MR) is 101 cm³/mol. The number of likely N-dealkylation sites (tertiary alicyclic amines) is 1. The fourth-order valence-corrected chi connectivity index (χ4v) is 3.52. The molecule has 0 bridgehead atoms. The Bertz CT molecular complexity index is 626. The van der Waals surface area contributed by atoms with E-state index in [4.69, 9.17) is 16.3 Å². The largest absolute Gasteiger partial charge is 0.364 e. The van der Waals surface area contributed by atoms with Crippen molar-refractivity contribution < 1.29 is 4.74 Å². The first-order chi connectivity index (χ1) is 11.6. The van der Waals surface area contributed by atoms with Crippen molar-refractivity contribution in [1.82, 2.24) is 4.90 Å². The lowest BCUT2D eigenvalue weighted by molar-refractivity contribution is 0.0138. The monoisotopic (exact) mass is 343 g/mol. The molecule has 1 saturated heterocycles. The molecule has 2 aromatic rings. The van der Waals surface area contributed by atoms with Gasteiger partial charge in [0.1, 0.15) is 6.10 Å². The van der Waals surface area contributed by atoms with E-state index in [9.17, 15) is 0 Å². The minimum absolute atomic E-state index is 0.0348. The van der Waals surface area contributed by atoms with Crippen LogP contribution in [-0.2, 0) is 4.74 Å². The third kappa shape index (κ3) is 4.60. The number of rotatable bonds is 6. The Hall–Kier alpha value is -1.35. The molecule has 2 atom stereocenters. The normalized spacial score (nSPS) is 19.8. The van der Waals surface area contributed by atoms with Gasteiger partial charge in [-0.1, -0.05) is 67.9 Å². The molecule has 1 fully saturated rings. The van der Waals surface area contributed by atoms with Crippen molar-refractivity contribution >= 4 is 11.6 Å². The van der Waals surface area contributed by atoms with Gasteiger partial charge in [0.15, 0.2) is 0 Å². The number of benzene rings is 2. The molecule has 2 aromatic carbocycles. The van der Waals surface area contributed by atoms with Crippen molar-refractivity contribution in [2.75, 3.05) is 19.6 Å². The average Bonchev–Trinajstić information content (AvgIpc) is 3.01. The standard InChI is InChI=1S/C21H26ClNO/c1-16(2)14-23-13-12-20(15-23)24-21(17-6-4-3-5-7-17)18-8-10-19(22)11-9-18/h3-11,16,20-21H,12-15H2,1-2H3. The van der Waals surface area contributed by atoms with Crippen LogP contribution < -0.4 is 0 Å². The van der Waals surface area contributed by atoms with Gasteiger partial charge in [-0.3, -0.25) is 0 Å². The Labute approximate surface area is 150 Å². The van der Waals surface area contributed by atoms with Gasteiger partial charge >= 0.3 is 0 Å². The van der Waals surface area contributed by atoms with Crippen LogP contribution in [0.15, 0.2) is 54.6 Å². The molecule has 1 heterocycles. The van der Waals surface area contributed by atoms with Crippen LogP contribution >= 0.6 is 11.6 Å². The third-order valence-corrected chi connectivity index (χ3v) is 4.71. The zero-order valence-electron chi connectivity index (χ0n) is 14.5. The summed E-state index contributed by atoms with van der Waals surface area (Å²) in [4.78, 5) is 2.51. The average molecular weight is 344 g/mol. The summed E-state index contributed by atoms with van der Waals surface area (Å²) in [5, 5.41) is 0.759. The molecule has 3 rings (SSSR count). The van der Waals surface area contributed by atoms with Gasteiger partial charge in [-0.2, -0.15) is 0 Å². The Morgan fingerprint density at radius 3 is 2.38 bits per heavy atom. The van der Waals surface area contributed by atoms with E-state index >= 15 is 0 Å². The van der Waals surface area contributed by atoms with Gasteiger partial charge in [-0.05, 0) is 35.6 Å². The number of nitrogens with zero attached hydrogens (tertiary/aromatic N) is 1. The topological polar surface area (TPSA) is 12.5 Å². The van der Waals surface area contributed by atoms with E-state index < -0.39 is 0 Å². The summed E-state index contributed by atoms with van der Waals surface area (Å²) >= 11 is 6.05. The first kappa shape index (κ1) is 17.5. The Morgan fingerprint density at radius 1 is 1.04 bits per heavy atom. The van der Waals surface area contributed by atoms with Crippen LogP contribution in [0.25, 0.3) is 0 Å². The molecule has 1 aliphatic heterocycles. The smallest absolute Gasteiger partial charge is 0.108 e. The molecule has 1 aliphatic rings. The van der Waals surface area contributed by atoms with Gasteiger partial charge in [-0.25, -0.2) is 0 Å². The van der Waals surface area contributed by atoms with E-state index in [1.807, 2.05) is 18.2 Å². The molecule has 0 amide bonds. The second kappa shape index (κ2) is 8.15. The molecular formula is C21H26ClNO. The second-order valence-corrected chi connectivity index (χ2v) is 7.48. The van der Waals surface area contributed by atoms with Crippen LogP contribution in [0.3, 0.4) is 0 Å². The van der Waals surface area contributed by atoms with E-state index in [0.29, 0.717) is 5.92 Å². The highest BCUT2D eigenvalue weighted by molar-refractivity contribution is 6.30. The van der Waals surface area contributed by atoms with Crippen molar-refractivity contribution in [3.8, 4) is 0 Å². The van der Waals surface area contributed by atoms with E-state index in [-0.39, 0.29) is 12.2 Å². The lowest BCUT2D eigenvalue weighted by Gasteiger charge is -2.24. The quantitative estimate of drug-likeness (QED) is 0.716. The van der Waals surface area contributed by atoms with E-state index in [2.05, 4.69) is 55.1 Å². The van der Waals surface area contributed by atoms with Gasteiger partial charge < -0.3 is 9.64 Å². The Morgan fingerprint density at radius 2 is 1.71 bits per heavy atom. The molecule has 0 saturated carbocycles. The van der Waals surface area contributed by atoms with Crippen molar-refractivity contribution in [2.24, 2.45) is 5.92 Å². The predicted octanol–water partition coefficient (Wildman–Crippen LogP) is 5.18. The van der Waals surface area contributed by atoms with Crippen molar-refractivity contribution in [2.45, 2.75) is 32.5 Å². The highest BCUT2D eigenvalue weighted by Gasteiger charge is 2.27.